The molecule has 0 spiro atoms. The molecular formula is C23H27N3O2S. The van der Waals surface area contributed by atoms with Gasteiger partial charge in [0, 0.05) is 29.4 Å². The van der Waals surface area contributed by atoms with E-state index in [4.69, 9.17) is 4.98 Å². The normalized spacial score (nSPS) is 20.3. The van der Waals surface area contributed by atoms with Crippen LogP contribution in [0.3, 0.4) is 0 Å². The number of fused-ring (bicyclic) bond motifs is 1. The van der Waals surface area contributed by atoms with Crippen LogP contribution in [0, 0.1) is 11.3 Å². The summed E-state index contributed by atoms with van der Waals surface area (Å²) in [5.74, 6) is 1.69. The standard InChI is InChI=1S/C23H27N3O2S/c1-13(2)12-29-22-25-20-19(21(28)26-22)17(14-8-6-5-7-9-14)18-15(24-20)10-23(3,4)11-16(18)27/h5-9,13,17H,10-12H2,1-4H3,(H2,24,25,26,28). The van der Waals surface area contributed by atoms with Gasteiger partial charge < -0.3 is 10.3 Å². The minimum absolute atomic E-state index is 0.112. The van der Waals surface area contributed by atoms with Gasteiger partial charge in [-0.05, 0) is 23.3 Å². The van der Waals surface area contributed by atoms with Crippen LogP contribution in [0.25, 0.3) is 0 Å². The predicted octanol–water partition coefficient (Wildman–Crippen LogP) is 4.72. The van der Waals surface area contributed by atoms with Crippen LogP contribution in [0.1, 0.15) is 57.6 Å². The largest absolute Gasteiger partial charge is 0.343 e. The third-order valence-electron chi connectivity index (χ3n) is 5.39. The van der Waals surface area contributed by atoms with Crippen molar-refractivity contribution in [3.05, 3.63) is 63.1 Å². The maximum absolute atomic E-state index is 13.2. The van der Waals surface area contributed by atoms with Crippen LogP contribution in [0.2, 0.25) is 0 Å². The first-order valence-electron chi connectivity index (χ1n) is 10.1. The summed E-state index contributed by atoms with van der Waals surface area (Å²) in [6, 6.07) is 9.81. The first-order valence-corrected chi connectivity index (χ1v) is 11.1. The van der Waals surface area contributed by atoms with Crippen molar-refractivity contribution in [1.82, 2.24) is 9.97 Å². The van der Waals surface area contributed by atoms with Gasteiger partial charge in [-0.2, -0.15) is 0 Å². The molecule has 1 aromatic carbocycles. The van der Waals surface area contributed by atoms with Crippen molar-refractivity contribution < 1.29 is 4.79 Å². The Labute approximate surface area is 175 Å². The van der Waals surface area contributed by atoms with Gasteiger partial charge in [0.15, 0.2) is 10.9 Å². The average molecular weight is 410 g/mol. The number of hydrogen-bond donors (Lipinski definition) is 2. The smallest absolute Gasteiger partial charge is 0.257 e. The van der Waals surface area contributed by atoms with Crippen molar-refractivity contribution in [2.75, 3.05) is 11.1 Å². The number of carbonyl (C=O) groups excluding carboxylic acids is 1. The molecule has 4 rings (SSSR count). The van der Waals surface area contributed by atoms with E-state index in [-0.39, 0.29) is 22.7 Å². The molecule has 152 valence electrons. The molecular weight excluding hydrogens is 382 g/mol. The van der Waals surface area contributed by atoms with E-state index in [9.17, 15) is 9.59 Å². The Kier molecular flexibility index (Phi) is 5.15. The molecule has 0 radical (unpaired) electrons. The van der Waals surface area contributed by atoms with Gasteiger partial charge in [0.25, 0.3) is 5.56 Å². The van der Waals surface area contributed by atoms with Gasteiger partial charge in [-0.25, -0.2) is 4.98 Å². The van der Waals surface area contributed by atoms with Crippen molar-refractivity contribution >= 4 is 23.4 Å². The molecule has 2 aromatic rings. The Morgan fingerprint density at radius 2 is 1.90 bits per heavy atom. The Hall–Kier alpha value is -2.34. The van der Waals surface area contributed by atoms with E-state index in [0.717, 1.165) is 29.0 Å². The first kappa shape index (κ1) is 20.0. The predicted molar refractivity (Wildman–Crippen MR) is 117 cm³/mol. The molecule has 2 heterocycles. The molecule has 29 heavy (non-hydrogen) atoms. The van der Waals surface area contributed by atoms with E-state index in [2.05, 4.69) is 38.0 Å². The molecule has 2 aliphatic rings. The second-order valence-corrected chi connectivity index (χ2v) is 10.1. The van der Waals surface area contributed by atoms with Crippen LogP contribution in [0.4, 0.5) is 5.82 Å². The van der Waals surface area contributed by atoms with Gasteiger partial charge in [-0.3, -0.25) is 9.59 Å². The number of aromatic nitrogens is 2. The van der Waals surface area contributed by atoms with Crippen LogP contribution in [-0.4, -0.2) is 21.5 Å². The molecule has 0 bridgehead atoms. The van der Waals surface area contributed by atoms with E-state index in [0.29, 0.717) is 28.9 Å². The SMILES string of the molecule is CC(C)CSc1nc2c(c(=O)[nH]1)C(c1ccccc1)C1=C(CC(C)(C)CC1=O)N2. The highest BCUT2D eigenvalue weighted by atomic mass is 32.2. The number of anilines is 1. The van der Waals surface area contributed by atoms with Crippen LogP contribution in [-0.2, 0) is 4.79 Å². The Morgan fingerprint density at radius 1 is 1.17 bits per heavy atom. The maximum atomic E-state index is 13.2. The zero-order valence-corrected chi connectivity index (χ0v) is 18.2. The van der Waals surface area contributed by atoms with E-state index < -0.39 is 0 Å². The molecule has 2 N–H and O–H groups in total. The molecule has 0 fully saturated rings. The third kappa shape index (κ3) is 3.90. The summed E-state index contributed by atoms with van der Waals surface area (Å²) in [5.41, 5.74) is 2.83. The van der Waals surface area contributed by atoms with Gasteiger partial charge in [0.2, 0.25) is 0 Å². The van der Waals surface area contributed by atoms with Crippen LogP contribution >= 0.6 is 11.8 Å². The molecule has 0 saturated carbocycles. The molecule has 0 amide bonds. The number of ketones is 1. The summed E-state index contributed by atoms with van der Waals surface area (Å²) >= 11 is 1.55. The zero-order chi connectivity index (χ0) is 20.8. The Morgan fingerprint density at radius 3 is 2.59 bits per heavy atom. The number of allylic oxidation sites excluding steroid dienone is 2. The quantitative estimate of drug-likeness (QED) is 0.565. The molecule has 1 atom stereocenters. The van der Waals surface area contributed by atoms with E-state index >= 15 is 0 Å². The number of carbonyl (C=O) groups is 1. The number of aromatic amines is 1. The lowest BCUT2D eigenvalue weighted by Crippen LogP contribution is -2.37. The van der Waals surface area contributed by atoms with Gasteiger partial charge in [-0.1, -0.05) is 69.8 Å². The Balaban J connectivity index is 1.87. The van der Waals surface area contributed by atoms with Crippen LogP contribution in [0.5, 0.6) is 0 Å². The number of hydrogen-bond acceptors (Lipinski definition) is 5. The highest BCUT2D eigenvalue weighted by molar-refractivity contribution is 7.99. The first-order chi connectivity index (χ1) is 13.7. The fourth-order valence-electron chi connectivity index (χ4n) is 4.19. The number of Topliss-reactive ketones (excluding diaryl/α,β-unsaturated/α-hetero) is 1. The van der Waals surface area contributed by atoms with Crippen LogP contribution in [0.15, 0.2) is 51.6 Å². The average Bonchev–Trinajstić information content (AvgIpc) is 2.64. The fourth-order valence-corrected chi connectivity index (χ4v) is 5.00. The minimum Gasteiger partial charge on any atom is -0.343 e. The number of nitrogens with one attached hydrogen (secondary N) is 2. The summed E-state index contributed by atoms with van der Waals surface area (Å²) in [7, 11) is 0. The topological polar surface area (TPSA) is 74.8 Å². The zero-order valence-electron chi connectivity index (χ0n) is 17.3. The second-order valence-electron chi connectivity index (χ2n) is 9.14. The lowest BCUT2D eigenvalue weighted by atomic mass is 9.69. The van der Waals surface area contributed by atoms with Crippen LogP contribution < -0.4 is 10.9 Å². The van der Waals surface area contributed by atoms with E-state index in [1.54, 1.807) is 11.8 Å². The van der Waals surface area contributed by atoms with Gasteiger partial charge in [0.1, 0.15) is 5.82 Å². The second kappa shape index (κ2) is 7.48. The monoisotopic (exact) mass is 409 g/mol. The molecule has 6 heteroatoms. The summed E-state index contributed by atoms with van der Waals surface area (Å²) in [6.45, 7) is 8.50. The number of rotatable bonds is 4. The number of H-pyrrole nitrogens is 1. The molecule has 1 aliphatic heterocycles. The number of nitrogens with zero attached hydrogens (tertiary/aromatic N) is 1. The van der Waals surface area contributed by atoms with Crippen molar-refractivity contribution in [3.8, 4) is 0 Å². The third-order valence-corrected chi connectivity index (χ3v) is 6.69. The van der Waals surface area contributed by atoms with E-state index in [1.165, 1.54) is 0 Å². The number of benzene rings is 1. The lowest BCUT2D eigenvalue weighted by Gasteiger charge is -2.38. The van der Waals surface area contributed by atoms with Crippen molar-refractivity contribution in [2.24, 2.45) is 11.3 Å². The van der Waals surface area contributed by atoms with E-state index in [1.807, 2.05) is 30.3 Å². The summed E-state index contributed by atoms with van der Waals surface area (Å²) in [5, 5.41) is 3.99. The summed E-state index contributed by atoms with van der Waals surface area (Å²) < 4.78 is 0. The molecule has 5 nitrogen and oxygen atoms in total. The van der Waals surface area contributed by atoms with Gasteiger partial charge >= 0.3 is 0 Å². The fraction of sp³-hybridized carbons (Fsp3) is 0.435. The number of thioether (sulfide) groups is 1. The molecule has 1 unspecified atom stereocenters. The minimum atomic E-state index is -0.383. The van der Waals surface area contributed by atoms with Crippen molar-refractivity contribution in [3.63, 3.8) is 0 Å². The molecule has 1 aromatic heterocycles. The molecule has 0 saturated heterocycles. The summed E-state index contributed by atoms with van der Waals surface area (Å²) in [6.07, 6.45) is 1.25. The van der Waals surface area contributed by atoms with Crippen molar-refractivity contribution in [2.45, 2.75) is 51.6 Å². The maximum Gasteiger partial charge on any atom is 0.257 e. The highest BCUT2D eigenvalue weighted by Gasteiger charge is 2.42. The van der Waals surface area contributed by atoms with Crippen molar-refractivity contribution in [1.29, 1.82) is 0 Å². The van der Waals surface area contributed by atoms with Gasteiger partial charge in [0.05, 0.1) is 5.56 Å². The molecule has 1 aliphatic carbocycles. The van der Waals surface area contributed by atoms with Gasteiger partial charge in [-0.15, -0.1) is 0 Å². The highest BCUT2D eigenvalue weighted by Crippen LogP contribution is 2.47. The summed E-state index contributed by atoms with van der Waals surface area (Å²) in [4.78, 5) is 34.0. The lowest BCUT2D eigenvalue weighted by molar-refractivity contribution is -0.118. The Bertz CT molecular complexity index is 1040.